The molecule has 1 saturated heterocycles. The molecular weight excluding hydrogens is 300 g/mol. The van der Waals surface area contributed by atoms with E-state index in [1.807, 2.05) is 25.4 Å². The first-order valence-electron chi connectivity index (χ1n) is 7.31. The average molecular weight is 320 g/mol. The second kappa shape index (κ2) is 6.45. The van der Waals surface area contributed by atoms with E-state index in [-0.39, 0.29) is 5.91 Å². The fourth-order valence-corrected chi connectivity index (χ4v) is 3.28. The maximum atomic E-state index is 12.2. The molecule has 0 atom stereocenters. The van der Waals surface area contributed by atoms with Crippen molar-refractivity contribution in [2.24, 2.45) is 0 Å². The zero-order valence-electron chi connectivity index (χ0n) is 12.8. The SMILES string of the molecule is Cc1n[nH]c(C)c1NC(=O)CN1CCN(c2nccs2)CC1. The maximum Gasteiger partial charge on any atom is 0.238 e. The van der Waals surface area contributed by atoms with Gasteiger partial charge in [-0.3, -0.25) is 14.8 Å². The van der Waals surface area contributed by atoms with Crippen LogP contribution in [0, 0.1) is 13.8 Å². The summed E-state index contributed by atoms with van der Waals surface area (Å²) in [5, 5.41) is 13.0. The van der Waals surface area contributed by atoms with Crippen LogP contribution in [0.15, 0.2) is 11.6 Å². The van der Waals surface area contributed by atoms with Crippen LogP contribution >= 0.6 is 11.3 Å². The van der Waals surface area contributed by atoms with Crippen molar-refractivity contribution in [2.45, 2.75) is 13.8 Å². The molecule has 1 aliphatic rings. The van der Waals surface area contributed by atoms with E-state index in [1.165, 1.54) is 0 Å². The third-order valence-electron chi connectivity index (χ3n) is 3.82. The van der Waals surface area contributed by atoms with Crippen molar-refractivity contribution in [3.05, 3.63) is 23.0 Å². The summed E-state index contributed by atoms with van der Waals surface area (Å²) in [6, 6.07) is 0. The molecule has 7 nitrogen and oxygen atoms in total. The zero-order valence-corrected chi connectivity index (χ0v) is 13.6. The van der Waals surface area contributed by atoms with E-state index in [1.54, 1.807) is 11.3 Å². The fourth-order valence-electron chi connectivity index (χ4n) is 2.59. The molecule has 1 aliphatic heterocycles. The molecule has 0 spiro atoms. The summed E-state index contributed by atoms with van der Waals surface area (Å²) in [7, 11) is 0. The van der Waals surface area contributed by atoms with Gasteiger partial charge in [-0.1, -0.05) is 0 Å². The molecule has 3 rings (SSSR count). The summed E-state index contributed by atoms with van der Waals surface area (Å²) in [6.45, 7) is 7.76. The topological polar surface area (TPSA) is 77.2 Å². The first kappa shape index (κ1) is 15.0. The summed E-state index contributed by atoms with van der Waals surface area (Å²) in [5.74, 6) is 0.00954. The normalized spacial score (nSPS) is 16.0. The van der Waals surface area contributed by atoms with Crippen LogP contribution in [0.5, 0.6) is 0 Å². The molecule has 118 valence electrons. The van der Waals surface area contributed by atoms with Gasteiger partial charge in [0, 0.05) is 37.8 Å². The van der Waals surface area contributed by atoms with Crippen LogP contribution in [0.2, 0.25) is 0 Å². The van der Waals surface area contributed by atoms with Crippen LogP contribution in [-0.2, 0) is 4.79 Å². The Hall–Kier alpha value is -1.93. The lowest BCUT2D eigenvalue weighted by Gasteiger charge is -2.34. The molecule has 0 radical (unpaired) electrons. The van der Waals surface area contributed by atoms with Crippen LogP contribution in [0.1, 0.15) is 11.4 Å². The van der Waals surface area contributed by atoms with Crippen LogP contribution in [0.3, 0.4) is 0 Å². The van der Waals surface area contributed by atoms with E-state index in [0.29, 0.717) is 6.54 Å². The highest BCUT2D eigenvalue weighted by molar-refractivity contribution is 7.13. The van der Waals surface area contributed by atoms with Crippen molar-refractivity contribution in [3.63, 3.8) is 0 Å². The summed E-state index contributed by atoms with van der Waals surface area (Å²) >= 11 is 1.66. The highest BCUT2D eigenvalue weighted by Crippen LogP contribution is 2.19. The minimum Gasteiger partial charge on any atom is -0.346 e. The molecule has 8 heteroatoms. The molecule has 2 N–H and O–H groups in total. The second-order valence-electron chi connectivity index (χ2n) is 5.44. The number of carbonyl (C=O) groups is 1. The van der Waals surface area contributed by atoms with Crippen molar-refractivity contribution in [3.8, 4) is 0 Å². The Morgan fingerprint density at radius 3 is 2.73 bits per heavy atom. The number of hydrogen-bond donors (Lipinski definition) is 2. The third-order valence-corrected chi connectivity index (χ3v) is 4.65. The van der Waals surface area contributed by atoms with Gasteiger partial charge in [-0.05, 0) is 13.8 Å². The Morgan fingerprint density at radius 1 is 1.36 bits per heavy atom. The summed E-state index contributed by atoms with van der Waals surface area (Å²) in [4.78, 5) is 20.9. The first-order valence-corrected chi connectivity index (χ1v) is 8.19. The minimum atomic E-state index is 0.00954. The van der Waals surface area contributed by atoms with Crippen LogP contribution < -0.4 is 10.2 Å². The zero-order chi connectivity index (χ0) is 15.5. The molecule has 0 bridgehead atoms. The van der Waals surface area contributed by atoms with E-state index in [2.05, 4.69) is 30.3 Å². The number of carbonyl (C=O) groups excluding carboxylic acids is 1. The Kier molecular flexibility index (Phi) is 4.39. The Morgan fingerprint density at radius 2 is 2.14 bits per heavy atom. The second-order valence-corrected chi connectivity index (χ2v) is 6.31. The van der Waals surface area contributed by atoms with Crippen LogP contribution in [0.25, 0.3) is 0 Å². The lowest BCUT2D eigenvalue weighted by molar-refractivity contribution is -0.117. The molecule has 0 unspecified atom stereocenters. The number of aryl methyl sites for hydroxylation is 2. The molecule has 1 fully saturated rings. The monoisotopic (exact) mass is 320 g/mol. The summed E-state index contributed by atoms with van der Waals surface area (Å²) in [5.41, 5.74) is 2.50. The highest BCUT2D eigenvalue weighted by atomic mass is 32.1. The summed E-state index contributed by atoms with van der Waals surface area (Å²) in [6.07, 6.45) is 1.83. The standard InChI is InChI=1S/C14H20N6OS/c1-10-13(11(2)18-17-10)16-12(21)9-19-4-6-20(7-5-19)14-15-3-8-22-14/h3,8H,4-7,9H2,1-2H3,(H,16,21)(H,17,18). The number of nitrogens with one attached hydrogen (secondary N) is 2. The van der Waals surface area contributed by atoms with Gasteiger partial charge in [-0.2, -0.15) is 5.10 Å². The number of nitrogens with zero attached hydrogens (tertiary/aromatic N) is 4. The van der Waals surface area contributed by atoms with Gasteiger partial charge in [-0.15, -0.1) is 11.3 Å². The molecule has 0 aliphatic carbocycles. The van der Waals surface area contributed by atoms with E-state index in [0.717, 1.165) is 48.4 Å². The lowest BCUT2D eigenvalue weighted by Crippen LogP contribution is -2.48. The smallest absolute Gasteiger partial charge is 0.238 e. The van der Waals surface area contributed by atoms with Gasteiger partial charge < -0.3 is 10.2 Å². The van der Waals surface area contributed by atoms with Crippen molar-refractivity contribution in [2.75, 3.05) is 42.9 Å². The molecule has 1 amide bonds. The minimum absolute atomic E-state index is 0.00954. The van der Waals surface area contributed by atoms with E-state index in [4.69, 9.17) is 0 Å². The molecule has 3 heterocycles. The van der Waals surface area contributed by atoms with E-state index < -0.39 is 0 Å². The van der Waals surface area contributed by atoms with Crippen LogP contribution in [0.4, 0.5) is 10.8 Å². The lowest BCUT2D eigenvalue weighted by atomic mass is 10.3. The van der Waals surface area contributed by atoms with Gasteiger partial charge in [0.25, 0.3) is 0 Å². The molecular formula is C14H20N6OS. The highest BCUT2D eigenvalue weighted by Gasteiger charge is 2.21. The number of amides is 1. The Bertz CT molecular complexity index is 610. The number of aromatic nitrogens is 3. The number of H-pyrrole nitrogens is 1. The predicted molar refractivity (Wildman–Crippen MR) is 87.5 cm³/mol. The number of piperazine rings is 1. The van der Waals surface area contributed by atoms with Gasteiger partial charge in [0.1, 0.15) is 0 Å². The Balaban J connectivity index is 1.49. The van der Waals surface area contributed by atoms with Gasteiger partial charge in [0.05, 0.1) is 23.6 Å². The summed E-state index contributed by atoms with van der Waals surface area (Å²) < 4.78 is 0. The van der Waals surface area contributed by atoms with Crippen LogP contribution in [-0.4, -0.2) is 58.7 Å². The van der Waals surface area contributed by atoms with Crippen molar-refractivity contribution < 1.29 is 4.79 Å². The van der Waals surface area contributed by atoms with E-state index >= 15 is 0 Å². The maximum absolute atomic E-state index is 12.2. The van der Waals surface area contributed by atoms with Gasteiger partial charge in [0.2, 0.25) is 5.91 Å². The molecule has 22 heavy (non-hydrogen) atoms. The van der Waals surface area contributed by atoms with Gasteiger partial charge in [0.15, 0.2) is 5.13 Å². The molecule has 2 aromatic rings. The van der Waals surface area contributed by atoms with Gasteiger partial charge in [-0.25, -0.2) is 4.98 Å². The van der Waals surface area contributed by atoms with Crippen molar-refractivity contribution in [1.29, 1.82) is 0 Å². The fraction of sp³-hybridized carbons (Fsp3) is 0.500. The number of rotatable bonds is 4. The first-order chi connectivity index (χ1) is 10.6. The largest absolute Gasteiger partial charge is 0.346 e. The van der Waals surface area contributed by atoms with Crippen molar-refractivity contribution >= 4 is 28.1 Å². The van der Waals surface area contributed by atoms with Gasteiger partial charge >= 0.3 is 0 Å². The number of hydrogen-bond acceptors (Lipinski definition) is 6. The quantitative estimate of drug-likeness (QED) is 0.886. The molecule has 0 aromatic carbocycles. The third kappa shape index (κ3) is 3.28. The van der Waals surface area contributed by atoms with E-state index in [9.17, 15) is 4.79 Å². The number of anilines is 2. The number of thiazole rings is 1. The predicted octanol–water partition coefficient (Wildman–Crippen LogP) is 1.24. The molecule has 2 aromatic heterocycles. The molecule has 0 saturated carbocycles. The average Bonchev–Trinajstić information content (AvgIpc) is 3.14. The Labute approximate surface area is 133 Å². The van der Waals surface area contributed by atoms with Crippen molar-refractivity contribution in [1.82, 2.24) is 20.1 Å². The number of aromatic amines is 1.